The zero-order chi connectivity index (χ0) is 11.4. The molecule has 1 aromatic rings. The van der Waals surface area contributed by atoms with Gasteiger partial charge in [0.1, 0.15) is 0 Å². The first kappa shape index (κ1) is 13.1. The summed E-state index contributed by atoms with van der Waals surface area (Å²) >= 11 is 5.24. The largest absolute Gasteiger partial charge is 0.392 e. The van der Waals surface area contributed by atoms with Crippen molar-refractivity contribution in [3.8, 4) is 0 Å². The Kier molecular flexibility index (Phi) is 5.16. The lowest BCUT2D eigenvalue weighted by molar-refractivity contribution is 0.279. The lowest BCUT2D eigenvalue weighted by Gasteiger charge is -2.16. The highest BCUT2D eigenvalue weighted by atomic mass is 79.9. The van der Waals surface area contributed by atoms with Crippen LogP contribution in [0.2, 0.25) is 0 Å². The second-order valence-electron chi connectivity index (χ2n) is 3.98. The molecule has 0 saturated carbocycles. The molecule has 1 nitrogen and oxygen atoms in total. The summed E-state index contributed by atoms with van der Waals surface area (Å²) in [5, 5.41) is 9.83. The Hall–Kier alpha value is 0.01000. The van der Waals surface area contributed by atoms with Crippen LogP contribution in [0, 0.1) is 5.92 Å². The first-order chi connectivity index (χ1) is 7.04. The highest BCUT2D eigenvalue weighted by Gasteiger charge is 2.11. The average Bonchev–Trinajstić information content (AvgIpc) is 2.20. The Bertz CT molecular complexity index is 325. The third kappa shape index (κ3) is 3.82. The minimum atomic E-state index is 0.104. The van der Waals surface area contributed by atoms with E-state index in [1.807, 2.05) is 23.9 Å². The van der Waals surface area contributed by atoms with Gasteiger partial charge in [-0.15, -0.1) is 11.8 Å². The van der Waals surface area contributed by atoms with Gasteiger partial charge in [-0.25, -0.2) is 0 Å². The Labute approximate surface area is 104 Å². The van der Waals surface area contributed by atoms with E-state index in [0.29, 0.717) is 11.2 Å². The van der Waals surface area contributed by atoms with Crippen LogP contribution >= 0.6 is 27.7 Å². The Morgan fingerprint density at radius 3 is 2.53 bits per heavy atom. The maximum atomic E-state index is 9.26. The summed E-state index contributed by atoms with van der Waals surface area (Å²) in [5.41, 5.74) is 1.00. The molecule has 1 aromatic carbocycles. The van der Waals surface area contributed by atoms with Gasteiger partial charge in [0.25, 0.3) is 0 Å². The number of thioether (sulfide) groups is 1. The summed E-state index contributed by atoms with van der Waals surface area (Å²) in [7, 11) is 0. The maximum absolute atomic E-state index is 9.26. The van der Waals surface area contributed by atoms with Gasteiger partial charge in [-0.1, -0.05) is 36.7 Å². The molecular weight excluding hydrogens is 272 g/mol. The van der Waals surface area contributed by atoms with Crippen LogP contribution in [-0.4, -0.2) is 10.4 Å². The molecule has 1 N–H and O–H groups in total. The number of halogens is 1. The van der Waals surface area contributed by atoms with Gasteiger partial charge in [-0.3, -0.25) is 0 Å². The zero-order valence-electron chi connectivity index (χ0n) is 9.33. The fourth-order valence-corrected chi connectivity index (χ4v) is 2.63. The van der Waals surface area contributed by atoms with Crippen LogP contribution in [-0.2, 0) is 6.61 Å². The van der Waals surface area contributed by atoms with Crippen molar-refractivity contribution in [2.45, 2.75) is 37.5 Å². The Morgan fingerprint density at radius 1 is 1.33 bits per heavy atom. The minimum absolute atomic E-state index is 0.104. The predicted molar refractivity (Wildman–Crippen MR) is 70.2 cm³/mol. The van der Waals surface area contributed by atoms with Crippen LogP contribution in [0.1, 0.15) is 26.3 Å². The molecule has 0 radical (unpaired) electrons. The molecule has 3 heteroatoms. The van der Waals surface area contributed by atoms with Gasteiger partial charge in [-0.05, 0) is 29.7 Å². The van der Waals surface area contributed by atoms with Crippen LogP contribution < -0.4 is 0 Å². The van der Waals surface area contributed by atoms with Gasteiger partial charge < -0.3 is 5.11 Å². The summed E-state index contributed by atoms with van der Waals surface area (Å²) in [5.74, 6) is 0.644. The number of benzene rings is 1. The molecule has 0 bridgehead atoms. The second kappa shape index (κ2) is 5.92. The van der Waals surface area contributed by atoms with Crippen LogP contribution in [0.25, 0.3) is 0 Å². The van der Waals surface area contributed by atoms with E-state index in [1.165, 1.54) is 4.90 Å². The van der Waals surface area contributed by atoms with Gasteiger partial charge in [0.15, 0.2) is 0 Å². The van der Waals surface area contributed by atoms with E-state index in [0.717, 1.165) is 10.0 Å². The summed E-state index contributed by atoms with van der Waals surface area (Å²) < 4.78 is 1.02. The molecule has 0 saturated heterocycles. The molecule has 0 aliphatic carbocycles. The van der Waals surface area contributed by atoms with Crippen molar-refractivity contribution in [1.29, 1.82) is 0 Å². The van der Waals surface area contributed by atoms with Crippen molar-refractivity contribution in [2.75, 3.05) is 0 Å². The average molecular weight is 289 g/mol. The molecule has 1 rings (SSSR count). The first-order valence-corrected chi connectivity index (χ1v) is 6.77. The third-order valence-electron chi connectivity index (χ3n) is 2.44. The molecule has 0 amide bonds. The lowest BCUT2D eigenvalue weighted by Crippen LogP contribution is -2.06. The van der Waals surface area contributed by atoms with Gasteiger partial charge in [0.05, 0.1) is 6.61 Å². The number of rotatable bonds is 4. The zero-order valence-corrected chi connectivity index (χ0v) is 11.7. The normalized spacial score (nSPS) is 13.2. The molecule has 0 aliphatic rings. The summed E-state index contributed by atoms with van der Waals surface area (Å²) in [6, 6.07) is 6.07. The van der Waals surface area contributed by atoms with Gasteiger partial charge in [-0.2, -0.15) is 0 Å². The highest BCUT2D eigenvalue weighted by Crippen LogP contribution is 2.32. The van der Waals surface area contributed by atoms with Crippen LogP contribution in [0.4, 0.5) is 0 Å². The van der Waals surface area contributed by atoms with Gasteiger partial charge in [0, 0.05) is 14.6 Å². The molecular formula is C12H17BrOS. The SMILES string of the molecule is CC(C)C(C)Sc1ccc(Br)cc1CO. The monoisotopic (exact) mass is 288 g/mol. The van der Waals surface area contributed by atoms with Crippen molar-refractivity contribution < 1.29 is 5.11 Å². The van der Waals surface area contributed by atoms with Gasteiger partial charge in [0.2, 0.25) is 0 Å². The van der Waals surface area contributed by atoms with Crippen molar-refractivity contribution in [1.82, 2.24) is 0 Å². The van der Waals surface area contributed by atoms with E-state index in [-0.39, 0.29) is 6.61 Å². The van der Waals surface area contributed by atoms with Crippen molar-refractivity contribution in [3.05, 3.63) is 28.2 Å². The van der Waals surface area contributed by atoms with Crippen molar-refractivity contribution >= 4 is 27.7 Å². The lowest BCUT2D eigenvalue weighted by atomic mass is 10.2. The number of hydrogen-bond donors (Lipinski definition) is 1. The topological polar surface area (TPSA) is 20.2 Å². The standard InChI is InChI=1S/C12H17BrOS/c1-8(2)9(3)15-12-5-4-11(13)6-10(12)7-14/h4-6,8-9,14H,7H2,1-3H3. The first-order valence-electron chi connectivity index (χ1n) is 5.10. The van der Waals surface area contributed by atoms with E-state index < -0.39 is 0 Å². The van der Waals surface area contributed by atoms with E-state index in [4.69, 9.17) is 0 Å². The summed E-state index contributed by atoms with van der Waals surface area (Å²) in [4.78, 5) is 1.18. The van der Waals surface area contributed by atoms with Crippen LogP contribution in [0.3, 0.4) is 0 Å². The molecule has 1 unspecified atom stereocenters. The van der Waals surface area contributed by atoms with E-state index in [9.17, 15) is 5.11 Å². The van der Waals surface area contributed by atoms with E-state index in [1.54, 1.807) is 0 Å². The van der Waals surface area contributed by atoms with Crippen molar-refractivity contribution in [2.24, 2.45) is 5.92 Å². The molecule has 0 aromatic heterocycles. The van der Waals surface area contributed by atoms with Crippen molar-refractivity contribution in [3.63, 3.8) is 0 Å². The summed E-state index contributed by atoms with van der Waals surface area (Å²) in [6.45, 7) is 6.76. The van der Waals surface area contributed by atoms with Gasteiger partial charge >= 0.3 is 0 Å². The minimum Gasteiger partial charge on any atom is -0.392 e. The fourth-order valence-electron chi connectivity index (χ4n) is 1.12. The number of hydrogen-bond acceptors (Lipinski definition) is 2. The van der Waals surface area contributed by atoms with E-state index >= 15 is 0 Å². The van der Waals surface area contributed by atoms with E-state index in [2.05, 4.69) is 42.8 Å². The molecule has 0 fully saturated rings. The molecule has 15 heavy (non-hydrogen) atoms. The maximum Gasteiger partial charge on any atom is 0.0693 e. The fraction of sp³-hybridized carbons (Fsp3) is 0.500. The summed E-state index contributed by atoms with van der Waals surface area (Å²) in [6.07, 6.45) is 0. The molecule has 0 aliphatic heterocycles. The Morgan fingerprint density at radius 2 is 2.00 bits per heavy atom. The smallest absolute Gasteiger partial charge is 0.0693 e. The predicted octanol–water partition coefficient (Wildman–Crippen LogP) is 4.08. The molecule has 0 heterocycles. The molecule has 1 atom stereocenters. The molecule has 0 spiro atoms. The van der Waals surface area contributed by atoms with Crippen LogP contribution in [0.5, 0.6) is 0 Å². The highest BCUT2D eigenvalue weighted by molar-refractivity contribution is 9.10. The molecule has 84 valence electrons. The number of aliphatic hydroxyl groups is 1. The third-order valence-corrected chi connectivity index (χ3v) is 4.51. The number of aliphatic hydroxyl groups excluding tert-OH is 1. The second-order valence-corrected chi connectivity index (χ2v) is 6.31. The quantitative estimate of drug-likeness (QED) is 0.843. The van der Waals surface area contributed by atoms with Crippen LogP contribution in [0.15, 0.2) is 27.6 Å². The Balaban J connectivity index is 2.84.